The number of hydrogen-bond donors (Lipinski definition) is 1. The van der Waals surface area contributed by atoms with Crippen LogP contribution in [0.15, 0.2) is 52.9 Å². The van der Waals surface area contributed by atoms with E-state index in [1.807, 2.05) is 30.3 Å². The summed E-state index contributed by atoms with van der Waals surface area (Å²) >= 11 is 0. The Morgan fingerprint density at radius 3 is 2.78 bits per heavy atom. The molecule has 0 saturated carbocycles. The molecule has 4 heteroatoms. The summed E-state index contributed by atoms with van der Waals surface area (Å²) in [4.78, 5) is 4.27. The number of benzene rings is 2. The van der Waals surface area contributed by atoms with Gasteiger partial charge in [-0.25, -0.2) is 9.37 Å². The average molecular weight is 242 g/mol. The number of anilines is 1. The number of nitrogens with one attached hydrogen (secondary N) is 1. The zero-order chi connectivity index (χ0) is 12.4. The first-order valence-corrected chi connectivity index (χ1v) is 5.65. The van der Waals surface area contributed by atoms with E-state index in [4.69, 9.17) is 4.42 Å². The Bertz CT molecular complexity index is 664. The van der Waals surface area contributed by atoms with E-state index in [2.05, 4.69) is 10.3 Å². The molecule has 2 aromatic carbocycles. The lowest BCUT2D eigenvalue weighted by Crippen LogP contribution is -1.98. The fourth-order valence-electron chi connectivity index (χ4n) is 1.76. The van der Waals surface area contributed by atoms with Crippen LogP contribution in [-0.4, -0.2) is 4.98 Å². The Balaban J connectivity index is 1.79. The Morgan fingerprint density at radius 1 is 1.11 bits per heavy atom. The summed E-state index contributed by atoms with van der Waals surface area (Å²) in [5.41, 5.74) is 2.13. The second kappa shape index (κ2) is 4.49. The van der Waals surface area contributed by atoms with Crippen molar-refractivity contribution in [2.45, 2.75) is 6.54 Å². The second-order valence-electron chi connectivity index (χ2n) is 3.94. The maximum atomic E-state index is 13.0. The molecule has 0 atom stereocenters. The van der Waals surface area contributed by atoms with E-state index in [9.17, 15) is 4.39 Å². The molecule has 0 fully saturated rings. The normalized spacial score (nSPS) is 10.7. The Labute approximate surface area is 103 Å². The van der Waals surface area contributed by atoms with Gasteiger partial charge < -0.3 is 9.73 Å². The predicted molar refractivity (Wildman–Crippen MR) is 67.7 cm³/mol. The monoisotopic (exact) mass is 242 g/mol. The smallest absolute Gasteiger partial charge is 0.214 e. The molecule has 0 amide bonds. The third-order valence-electron chi connectivity index (χ3n) is 2.61. The van der Waals surface area contributed by atoms with Crippen LogP contribution >= 0.6 is 0 Å². The molecule has 0 spiro atoms. The lowest BCUT2D eigenvalue weighted by Gasteiger charge is -2.01. The van der Waals surface area contributed by atoms with Gasteiger partial charge in [-0.05, 0) is 24.3 Å². The van der Waals surface area contributed by atoms with Crippen LogP contribution in [0.2, 0.25) is 0 Å². The van der Waals surface area contributed by atoms with Gasteiger partial charge in [-0.15, -0.1) is 0 Å². The minimum absolute atomic E-state index is 0.318. The second-order valence-corrected chi connectivity index (χ2v) is 3.94. The van der Waals surface area contributed by atoms with E-state index in [-0.39, 0.29) is 5.82 Å². The predicted octanol–water partition coefficient (Wildman–Crippen LogP) is 3.58. The molecular weight excluding hydrogens is 231 g/mol. The van der Waals surface area contributed by atoms with E-state index >= 15 is 0 Å². The van der Waals surface area contributed by atoms with Crippen molar-refractivity contribution in [2.24, 2.45) is 0 Å². The van der Waals surface area contributed by atoms with Gasteiger partial charge in [-0.3, -0.25) is 0 Å². The van der Waals surface area contributed by atoms with Crippen molar-refractivity contribution >= 4 is 16.8 Å². The molecule has 1 N–H and O–H groups in total. The van der Waals surface area contributed by atoms with Crippen molar-refractivity contribution in [3.05, 3.63) is 60.2 Å². The number of rotatable bonds is 3. The highest BCUT2D eigenvalue weighted by Crippen LogP contribution is 2.17. The molecule has 0 bridgehead atoms. The molecule has 0 aliphatic rings. The van der Waals surface area contributed by atoms with Crippen molar-refractivity contribution in [3.8, 4) is 0 Å². The van der Waals surface area contributed by atoms with Crippen LogP contribution in [0.4, 0.5) is 10.1 Å². The molecule has 0 saturated heterocycles. The van der Waals surface area contributed by atoms with Gasteiger partial charge >= 0.3 is 0 Å². The summed E-state index contributed by atoms with van der Waals surface area (Å²) in [5.74, 6) is 0.223. The van der Waals surface area contributed by atoms with E-state index in [1.165, 1.54) is 12.1 Å². The molecule has 0 radical (unpaired) electrons. The van der Waals surface area contributed by atoms with Crippen molar-refractivity contribution in [1.29, 1.82) is 0 Å². The van der Waals surface area contributed by atoms with E-state index < -0.39 is 0 Å². The molecule has 0 unspecified atom stereocenters. The van der Waals surface area contributed by atoms with Crippen LogP contribution in [0.25, 0.3) is 11.1 Å². The first kappa shape index (κ1) is 10.8. The van der Waals surface area contributed by atoms with Gasteiger partial charge in [0.15, 0.2) is 5.58 Å². The number of hydrogen-bond acceptors (Lipinski definition) is 3. The minimum atomic E-state index is -0.318. The topological polar surface area (TPSA) is 38.1 Å². The zero-order valence-electron chi connectivity index (χ0n) is 9.56. The van der Waals surface area contributed by atoms with Gasteiger partial charge in [0.25, 0.3) is 0 Å². The highest BCUT2D eigenvalue weighted by atomic mass is 19.1. The molecule has 90 valence electrons. The van der Waals surface area contributed by atoms with Crippen molar-refractivity contribution in [2.75, 3.05) is 5.32 Å². The maximum absolute atomic E-state index is 13.0. The molecule has 3 rings (SSSR count). The van der Waals surface area contributed by atoms with Gasteiger partial charge in [0.2, 0.25) is 5.89 Å². The van der Waals surface area contributed by atoms with Crippen LogP contribution in [0.1, 0.15) is 5.89 Å². The average Bonchev–Trinajstić information content (AvgIpc) is 2.79. The highest BCUT2D eigenvalue weighted by Gasteiger charge is 2.06. The van der Waals surface area contributed by atoms with Gasteiger partial charge in [-0.1, -0.05) is 18.2 Å². The van der Waals surface area contributed by atoms with E-state index in [0.717, 1.165) is 5.69 Å². The third-order valence-corrected chi connectivity index (χ3v) is 2.61. The fourth-order valence-corrected chi connectivity index (χ4v) is 1.76. The molecule has 0 aliphatic heterocycles. The molecule has 1 heterocycles. The van der Waals surface area contributed by atoms with Gasteiger partial charge in [0, 0.05) is 11.8 Å². The summed E-state index contributed by atoms with van der Waals surface area (Å²) in [6, 6.07) is 14.1. The Hall–Kier alpha value is -2.36. The van der Waals surface area contributed by atoms with Crippen molar-refractivity contribution in [3.63, 3.8) is 0 Å². The number of aromatic nitrogens is 1. The van der Waals surface area contributed by atoms with Crippen LogP contribution < -0.4 is 5.32 Å². The van der Waals surface area contributed by atoms with Crippen molar-refractivity contribution < 1.29 is 8.81 Å². The summed E-state index contributed by atoms with van der Waals surface area (Å²) in [6.07, 6.45) is 0. The SMILES string of the molecule is Fc1ccc2nc(CNc3ccccc3)oc2c1. The van der Waals surface area contributed by atoms with Crippen LogP contribution in [0, 0.1) is 5.82 Å². The standard InChI is InChI=1S/C14H11FN2O/c15-10-6-7-12-13(8-10)18-14(17-12)9-16-11-4-2-1-3-5-11/h1-8,16H,9H2. The minimum Gasteiger partial charge on any atom is -0.439 e. The first-order valence-electron chi connectivity index (χ1n) is 5.65. The van der Waals surface area contributed by atoms with E-state index in [0.29, 0.717) is 23.5 Å². The molecular formula is C14H11FN2O. The Kier molecular flexibility index (Phi) is 2.68. The molecule has 3 nitrogen and oxygen atoms in total. The lowest BCUT2D eigenvalue weighted by atomic mass is 10.3. The summed E-state index contributed by atoms with van der Waals surface area (Å²) < 4.78 is 18.5. The van der Waals surface area contributed by atoms with Gasteiger partial charge in [0.05, 0.1) is 6.54 Å². The number of para-hydroxylation sites is 1. The van der Waals surface area contributed by atoms with Crippen LogP contribution in [0.3, 0.4) is 0 Å². The van der Waals surface area contributed by atoms with E-state index in [1.54, 1.807) is 6.07 Å². The third kappa shape index (κ3) is 2.18. The lowest BCUT2D eigenvalue weighted by molar-refractivity contribution is 0.537. The largest absolute Gasteiger partial charge is 0.439 e. The number of nitrogens with zero attached hydrogens (tertiary/aromatic N) is 1. The summed E-state index contributed by atoms with van der Waals surface area (Å²) in [7, 11) is 0. The number of halogens is 1. The molecule has 18 heavy (non-hydrogen) atoms. The molecule has 1 aromatic heterocycles. The molecule has 0 aliphatic carbocycles. The van der Waals surface area contributed by atoms with Crippen LogP contribution in [0.5, 0.6) is 0 Å². The fraction of sp³-hybridized carbons (Fsp3) is 0.0714. The number of oxazole rings is 1. The number of fused-ring (bicyclic) bond motifs is 1. The summed E-state index contributed by atoms with van der Waals surface area (Å²) in [5, 5.41) is 3.19. The Morgan fingerprint density at radius 2 is 1.94 bits per heavy atom. The first-order chi connectivity index (χ1) is 8.81. The van der Waals surface area contributed by atoms with Crippen molar-refractivity contribution in [1.82, 2.24) is 4.98 Å². The summed E-state index contributed by atoms with van der Waals surface area (Å²) in [6.45, 7) is 0.473. The van der Waals surface area contributed by atoms with Gasteiger partial charge in [0.1, 0.15) is 11.3 Å². The zero-order valence-corrected chi connectivity index (χ0v) is 9.56. The van der Waals surface area contributed by atoms with Gasteiger partial charge in [-0.2, -0.15) is 0 Å². The van der Waals surface area contributed by atoms with Crippen LogP contribution in [-0.2, 0) is 6.54 Å². The maximum Gasteiger partial charge on any atom is 0.214 e. The molecule has 3 aromatic rings. The quantitative estimate of drug-likeness (QED) is 0.762. The highest BCUT2D eigenvalue weighted by molar-refractivity contribution is 5.72.